The average molecular weight is 477 g/mol. The zero-order valence-electron chi connectivity index (χ0n) is 20.3. The molecule has 1 aliphatic carbocycles. The summed E-state index contributed by atoms with van der Waals surface area (Å²) in [6, 6.07) is 19.2. The highest BCUT2D eigenvalue weighted by Gasteiger charge is 2.19. The van der Waals surface area contributed by atoms with Gasteiger partial charge in [-0.1, -0.05) is 36.4 Å². The van der Waals surface area contributed by atoms with Gasteiger partial charge in [-0.2, -0.15) is 0 Å². The van der Waals surface area contributed by atoms with E-state index in [0.29, 0.717) is 11.3 Å². The van der Waals surface area contributed by atoms with E-state index in [1.807, 2.05) is 51.1 Å². The summed E-state index contributed by atoms with van der Waals surface area (Å²) in [5.41, 5.74) is 8.07. The van der Waals surface area contributed by atoms with Crippen LogP contribution in [0.1, 0.15) is 63.1 Å². The van der Waals surface area contributed by atoms with Crippen molar-refractivity contribution in [3.63, 3.8) is 0 Å². The van der Waals surface area contributed by atoms with Crippen LogP contribution < -0.4 is 9.62 Å². The van der Waals surface area contributed by atoms with Crippen molar-refractivity contribution in [2.24, 2.45) is 0 Å². The molecule has 4 rings (SSSR count). The molecule has 5 nitrogen and oxygen atoms in total. The molecule has 34 heavy (non-hydrogen) atoms. The first-order valence-corrected chi connectivity index (χ1v) is 13.5. The number of aryl methyl sites for hydroxylation is 4. The second kappa shape index (κ2) is 9.63. The highest BCUT2D eigenvalue weighted by molar-refractivity contribution is 7.92. The fourth-order valence-corrected chi connectivity index (χ4v) is 5.31. The third kappa shape index (κ3) is 5.33. The Morgan fingerprint density at radius 1 is 0.941 bits per heavy atom. The molecule has 1 amide bonds. The Morgan fingerprint density at radius 3 is 2.32 bits per heavy atom. The smallest absolute Gasteiger partial charge is 0.251 e. The molecule has 0 saturated heterocycles. The van der Waals surface area contributed by atoms with Gasteiger partial charge >= 0.3 is 0 Å². The molecule has 1 atom stereocenters. The normalized spacial score (nSPS) is 13.9. The molecule has 6 heteroatoms. The number of amides is 1. The molecule has 0 aliphatic heterocycles. The first kappa shape index (κ1) is 24.0. The van der Waals surface area contributed by atoms with Gasteiger partial charge < -0.3 is 5.32 Å². The van der Waals surface area contributed by atoms with E-state index in [9.17, 15) is 13.2 Å². The van der Waals surface area contributed by atoms with E-state index in [1.54, 1.807) is 12.1 Å². The molecular formula is C28H32N2O3S. The molecule has 0 radical (unpaired) electrons. The van der Waals surface area contributed by atoms with Crippen LogP contribution in [0, 0.1) is 13.8 Å². The first-order valence-electron chi connectivity index (χ1n) is 11.7. The summed E-state index contributed by atoms with van der Waals surface area (Å²) in [6.07, 6.45) is 4.66. The highest BCUT2D eigenvalue weighted by Crippen LogP contribution is 2.26. The topological polar surface area (TPSA) is 66.5 Å². The third-order valence-corrected chi connectivity index (χ3v) is 7.83. The van der Waals surface area contributed by atoms with Gasteiger partial charge in [0, 0.05) is 5.56 Å². The number of hydrogen-bond acceptors (Lipinski definition) is 3. The lowest BCUT2D eigenvalue weighted by molar-refractivity contribution is 0.0940. The van der Waals surface area contributed by atoms with Crippen molar-refractivity contribution >= 4 is 21.6 Å². The summed E-state index contributed by atoms with van der Waals surface area (Å²) < 4.78 is 26.4. The van der Waals surface area contributed by atoms with Gasteiger partial charge in [-0.25, -0.2) is 8.42 Å². The molecular weight excluding hydrogens is 444 g/mol. The second-order valence-electron chi connectivity index (χ2n) is 9.31. The van der Waals surface area contributed by atoms with Crippen molar-refractivity contribution in [2.75, 3.05) is 10.6 Å². The van der Waals surface area contributed by atoms with Gasteiger partial charge in [0.05, 0.1) is 24.5 Å². The van der Waals surface area contributed by atoms with Crippen LogP contribution in [0.2, 0.25) is 0 Å². The summed E-state index contributed by atoms with van der Waals surface area (Å²) >= 11 is 0. The van der Waals surface area contributed by atoms with Crippen molar-refractivity contribution < 1.29 is 13.2 Å². The molecule has 0 fully saturated rings. The van der Waals surface area contributed by atoms with Gasteiger partial charge in [0.15, 0.2) is 0 Å². The maximum Gasteiger partial charge on any atom is 0.251 e. The van der Waals surface area contributed by atoms with Crippen LogP contribution in [0.4, 0.5) is 5.69 Å². The van der Waals surface area contributed by atoms with Crippen molar-refractivity contribution in [3.05, 3.63) is 99.6 Å². The number of sulfonamides is 1. The summed E-state index contributed by atoms with van der Waals surface area (Å²) in [7, 11) is -3.47. The molecule has 0 saturated carbocycles. The second-order valence-corrected chi connectivity index (χ2v) is 11.2. The fourth-order valence-electron chi connectivity index (χ4n) is 4.43. The molecule has 1 N–H and O–H groups in total. The van der Waals surface area contributed by atoms with Gasteiger partial charge in [-0.3, -0.25) is 9.10 Å². The van der Waals surface area contributed by atoms with Crippen LogP contribution in [-0.2, 0) is 29.4 Å². The van der Waals surface area contributed by atoms with Gasteiger partial charge in [-0.05, 0) is 97.7 Å². The highest BCUT2D eigenvalue weighted by atomic mass is 32.2. The summed E-state index contributed by atoms with van der Waals surface area (Å²) in [5, 5.41) is 3.08. The Balaban J connectivity index is 1.46. The van der Waals surface area contributed by atoms with E-state index in [2.05, 4.69) is 23.5 Å². The first-order chi connectivity index (χ1) is 16.1. The number of carbonyl (C=O) groups excluding carboxylic acids is 1. The number of nitrogens with one attached hydrogen (secondary N) is 1. The molecule has 0 aromatic heterocycles. The minimum absolute atomic E-state index is 0.0939. The van der Waals surface area contributed by atoms with Crippen molar-refractivity contribution in [3.8, 4) is 0 Å². The van der Waals surface area contributed by atoms with E-state index >= 15 is 0 Å². The Kier molecular flexibility index (Phi) is 6.80. The number of fused-ring (bicyclic) bond motifs is 1. The maximum absolute atomic E-state index is 12.8. The number of anilines is 1. The molecule has 0 heterocycles. The molecule has 3 aromatic rings. The van der Waals surface area contributed by atoms with Crippen LogP contribution in [0.5, 0.6) is 0 Å². The molecule has 3 aromatic carbocycles. The monoisotopic (exact) mass is 476 g/mol. The zero-order valence-corrected chi connectivity index (χ0v) is 21.1. The number of nitrogens with zero attached hydrogens (tertiary/aromatic N) is 1. The largest absolute Gasteiger partial charge is 0.346 e. The Bertz CT molecular complexity index is 1310. The van der Waals surface area contributed by atoms with Crippen LogP contribution in [-0.4, -0.2) is 20.6 Å². The summed E-state index contributed by atoms with van der Waals surface area (Å²) in [6.45, 7) is 6.17. The van der Waals surface area contributed by atoms with E-state index in [1.165, 1.54) is 28.1 Å². The van der Waals surface area contributed by atoms with Crippen LogP contribution >= 0.6 is 0 Å². The molecule has 0 bridgehead atoms. The Labute approximate surface area is 202 Å². The van der Waals surface area contributed by atoms with Gasteiger partial charge in [-0.15, -0.1) is 0 Å². The number of hydrogen-bond donors (Lipinski definition) is 1. The third-order valence-electron chi connectivity index (χ3n) is 6.69. The maximum atomic E-state index is 12.8. The van der Waals surface area contributed by atoms with Gasteiger partial charge in [0.25, 0.3) is 5.91 Å². The summed E-state index contributed by atoms with van der Waals surface area (Å²) in [4.78, 5) is 12.8. The number of rotatable bonds is 7. The van der Waals surface area contributed by atoms with Crippen molar-refractivity contribution in [2.45, 2.75) is 52.6 Å². The molecule has 178 valence electrons. The number of carbonyl (C=O) groups is 1. The van der Waals surface area contributed by atoms with E-state index in [4.69, 9.17) is 0 Å². The van der Waals surface area contributed by atoms with Crippen LogP contribution in [0.25, 0.3) is 0 Å². The predicted octanol–water partition coefficient (Wildman–Crippen LogP) is 5.25. The predicted molar refractivity (Wildman–Crippen MR) is 138 cm³/mol. The van der Waals surface area contributed by atoms with Crippen LogP contribution in [0.15, 0.2) is 60.7 Å². The minimum atomic E-state index is -3.47. The lowest BCUT2D eigenvalue weighted by Gasteiger charge is -2.23. The minimum Gasteiger partial charge on any atom is -0.346 e. The zero-order chi connectivity index (χ0) is 24.5. The Hall–Kier alpha value is -3.12. The van der Waals surface area contributed by atoms with Gasteiger partial charge in [0.2, 0.25) is 10.0 Å². The quantitative estimate of drug-likeness (QED) is 0.507. The SMILES string of the molecule is Cc1ccc(N(Cc2ccc(C(=O)N[C@H](C)c3ccc4c(c3)CCC4)cc2)S(C)(=O)=O)cc1C. The van der Waals surface area contributed by atoms with Crippen LogP contribution in [0.3, 0.4) is 0 Å². The van der Waals surface area contributed by atoms with E-state index in [0.717, 1.165) is 35.1 Å². The molecule has 0 spiro atoms. The standard InChI is InChI=1S/C28H32N2O3S/c1-19-8-15-27(16-20(19)2)30(34(4,32)33)18-22-9-11-24(12-10-22)28(31)29-21(3)25-14-13-23-6-5-7-26(23)17-25/h8-17,21H,5-7,18H2,1-4H3,(H,29,31)/t21-/m1/s1. The van der Waals surface area contributed by atoms with E-state index in [-0.39, 0.29) is 18.5 Å². The fraction of sp³-hybridized carbons (Fsp3) is 0.321. The lowest BCUT2D eigenvalue weighted by atomic mass is 10.0. The number of benzene rings is 3. The lowest BCUT2D eigenvalue weighted by Crippen LogP contribution is -2.29. The van der Waals surface area contributed by atoms with Crippen molar-refractivity contribution in [1.82, 2.24) is 5.32 Å². The van der Waals surface area contributed by atoms with Crippen molar-refractivity contribution in [1.29, 1.82) is 0 Å². The average Bonchev–Trinajstić information content (AvgIpc) is 3.27. The molecule has 0 unspecified atom stereocenters. The van der Waals surface area contributed by atoms with Gasteiger partial charge in [0.1, 0.15) is 0 Å². The Morgan fingerprint density at radius 2 is 1.65 bits per heavy atom. The van der Waals surface area contributed by atoms with E-state index < -0.39 is 10.0 Å². The summed E-state index contributed by atoms with van der Waals surface area (Å²) in [5.74, 6) is -0.145. The molecule has 1 aliphatic rings.